The largest absolute Gasteiger partial charge is 0.310 e. The lowest BCUT2D eigenvalue weighted by Gasteiger charge is -2.28. The second-order valence-corrected chi connectivity index (χ2v) is 12.8. The lowest BCUT2D eigenvalue weighted by Crippen LogP contribution is -2.11. The number of anilines is 3. The van der Waals surface area contributed by atoms with Crippen molar-refractivity contribution in [1.29, 1.82) is 0 Å². The van der Waals surface area contributed by atoms with Crippen LogP contribution in [0.4, 0.5) is 17.1 Å². The number of nitrogens with zero attached hydrogens (tertiary/aromatic N) is 1. The first-order chi connectivity index (χ1) is 17.7. The van der Waals surface area contributed by atoms with Crippen LogP contribution in [0, 0.1) is 34.6 Å². The van der Waals surface area contributed by atoms with Crippen LogP contribution in [-0.2, 0) is 0 Å². The number of benzene rings is 4. The van der Waals surface area contributed by atoms with Crippen LogP contribution in [0.3, 0.4) is 0 Å². The van der Waals surface area contributed by atoms with E-state index in [1.165, 1.54) is 84.2 Å². The fraction of sp³-hybridized carbons (Fsp3) is 0.294. The molecule has 2 aliphatic carbocycles. The van der Waals surface area contributed by atoms with Gasteiger partial charge in [0, 0.05) is 26.0 Å². The van der Waals surface area contributed by atoms with Gasteiger partial charge in [-0.2, -0.15) is 0 Å². The molecule has 0 aromatic heterocycles. The standard InChI is InChI=1S/C34H33Br2N/c1-19-12-27(18-31-25-6-7-26(17-25)32(19)31)24-8-10-28(11-9-24)37(29-13-20(2)33(35)21(3)14-29)30-15-22(4)34(36)23(5)16-30/h8-16,18,25-26H,6-7,17H2,1-5H3. The van der Waals surface area contributed by atoms with Gasteiger partial charge in [0.1, 0.15) is 0 Å². The molecule has 1 saturated carbocycles. The van der Waals surface area contributed by atoms with Crippen molar-refractivity contribution in [3.8, 4) is 11.1 Å². The van der Waals surface area contributed by atoms with Crippen molar-refractivity contribution in [3.63, 3.8) is 0 Å². The van der Waals surface area contributed by atoms with Crippen molar-refractivity contribution in [2.75, 3.05) is 4.90 Å². The predicted molar refractivity (Wildman–Crippen MR) is 165 cm³/mol. The molecule has 37 heavy (non-hydrogen) atoms. The summed E-state index contributed by atoms with van der Waals surface area (Å²) in [5.74, 6) is 1.59. The molecule has 0 aliphatic heterocycles. The van der Waals surface area contributed by atoms with Gasteiger partial charge in [0.05, 0.1) is 0 Å². The van der Waals surface area contributed by atoms with Crippen LogP contribution >= 0.6 is 31.9 Å². The average molecular weight is 615 g/mol. The molecule has 0 heterocycles. The normalized spacial score (nSPS) is 17.8. The SMILES string of the molecule is Cc1cc(N(c2ccc(-c3cc(C)c4c(c3)C3CCC4C3)cc2)c2cc(C)c(Br)c(C)c2)cc(C)c1Br. The van der Waals surface area contributed by atoms with Crippen LogP contribution in [0.25, 0.3) is 11.1 Å². The molecule has 0 amide bonds. The van der Waals surface area contributed by atoms with Gasteiger partial charge >= 0.3 is 0 Å². The minimum Gasteiger partial charge on any atom is -0.310 e. The van der Waals surface area contributed by atoms with E-state index in [2.05, 4.69) is 132 Å². The molecule has 0 N–H and O–H groups in total. The number of fused-ring (bicyclic) bond motifs is 5. The maximum atomic E-state index is 3.76. The quantitative estimate of drug-likeness (QED) is 0.221. The van der Waals surface area contributed by atoms with Gasteiger partial charge in [0.15, 0.2) is 0 Å². The average Bonchev–Trinajstić information content (AvgIpc) is 3.49. The minimum absolute atomic E-state index is 0.779. The Balaban J connectivity index is 1.44. The van der Waals surface area contributed by atoms with Crippen LogP contribution < -0.4 is 4.90 Å². The molecular weight excluding hydrogens is 582 g/mol. The van der Waals surface area contributed by atoms with Crippen LogP contribution in [0.2, 0.25) is 0 Å². The molecule has 1 nitrogen and oxygen atoms in total. The summed E-state index contributed by atoms with van der Waals surface area (Å²) in [7, 11) is 0. The zero-order valence-electron chi connectivity index (χ0n) is 22.3. The van der Waals surface area contributed by atoms with E-state index in [4.69, 9.17) is 0 Å². The van der Waals surface area contributed by atoms with Gasteiger partial charge in [-0.25, -0.2) is 0 Å². The molecule has 188 valence electrons. The van der Waals surface area contributed by atoms with E-state index in [0.29, 0.717) is 0 Å². The summed E-state index contributed by atoms with van der Waals surface area (Å²) >= 11 is 7.51. The zero-order chi connectivity index (χ0) is 26.0. The Hall–Kier alpha value is -2.36. The number of halogens is 2. The number of hydrogen-bond donors (Lipinski definition) is 0. The third-order valence-electron chi connectivity index (χ3n) is 8.52. The molecule has 0 saturated heterocycles. The van der Waals surface area contributed by atoms with Crippen molar-refractivity contribution in [2.24, 2.45) is 0 Å². The predicted octanol–water partition coefficient (Wildman–Crippen LogP) is 11.3. The highest BCUT2D eigenvalue weighted by molar-refractivity contribution is 9.10. The molecule has 3 heteroatoms. The summed E-state index contributed by atoms with van der Waals surface area (Å²) in [6.45, 7) is 11.0. The molecule has 0 spiro atoms. The maximum Gasteiger partial charge on any atom is 0.0467 e. The molecule has 6 rings (SSSR count). The molecule has 2 aliphatic rings. The summed E-state index contributed by atoms with van der Waals surface area (Å²) < 4.78 is 2.35. The van der Waals surface area contributed by atoms with Gasteiger partial charge in [-0.15, -0.1) is 0 Å². The Morgan fingerprint density at radius 2 is 1.08 bits per heavy atom. The Labute approximate surface area is 238 Å². The Kier molecular flexibility index (Phi) is 6.36. The fourth-order valence-electron chi connectivity index (χ4n) is 6.77. The van der Waals surface area contributed by atoms with E-state index < -0.39 is 0 Å². The summed E-state index contributed by atoms with van der Waals surface area (Å²) in [6.07, 6.45) is 4.12. The monoisotopic (exact) mass is 613 g/mol. The number of hydrogen-bond acceptors (Lipinski definition) is 1. The molecule has 2 atom stereocenters. The molecule has 0 radical (unpaired) electrons. The number of aryl methyl sites for hydroxylation is 5. The highest BCUT2D eigenvalue weighted by Gasteiger charge is 2.37. The lowest BCUT2D eigenvalue weighted by molar-refractivity contribution is 0.714. The van der Waals surface area contributed by atoms with Gasteiger partial charge in [-0.3, -0.25) is 0 Å². The summed E-state index contributed by atoms with van der Waals surface area (Å²) in [4.78, 5) is 2.38. The van der Waals surface area contributed by atoms with Gasteiger partial charge in [-0.1, -0.05) is 56.1 Å². The molecule has 4 aromatic carbocycles. The molecule has 2 bridgehead atoms. The second-order valence-electron chi connectivity index (χ2n) is 11.2. The van der Waals surface area contributed by atoms with Gasteiger partial charge in [0.25, 0.3) is 0 Å². The van der Waals surface area contributed by atoms with Crippen molar-refractivity contribution >= 4 is 48.9 Å². The van der Waals surface area contributed by atoms with Crippen LogP contribution in [-0.4, -0.2) is 0 Å². The Morgan fingerprint density at radius 3 is 1.62 bits per heavy atom. The smallest absolute Gasteiger partial charge is 0.0467 e. The first-order valence-electron chi connectivity index (χ1n) is 13.3. The van der Waals surface area contributed by atoms with Crippen LogP contribution in [0.1, 0.15) is 70.0 Å². The van der Waals surface area contributed by atoms with E-state index in [-0.39, 0.29) is 0 Å². The summed E-state index contributed by atoms with van der Waals surface area (Å²) in [6, 6.07) is 23.2. The Bertz CT molecular complexity index is 1430. The first-order valence-corrected chi connectivity index (χ1v) is 14.9. The lowest BCUT2D eigenvalue weighted by atomic mass is 9.86. The van der Waals surface area contributed by atoms with Gasteiger partial charge in [-0.05, 0) is 152 Å². The maximum absolute atomic E-state index is 3.76. The van der Waals surface area contributed by atoms with E-state index >= 15 is 0 Å². The van der Waals surface area contributed by atoms with Gasteiger partial charge in [0.2, 0.25) is 0 Å². The number of rotatable bonds is 4. The summed E-state index contributed by atoms with van der Waals surface area (Å²) in [5.41, 5.74) is 15.9. The third kappa shape index (κ3) is 4.29. The second kappa shape index (κ2) is 9.43. The third-order valence-corrected chi connectivity index (χ3v) is 11.0. The Morgan fingerprint density at radius 1 is 0.568 bits per heavy atom. The van der Waals surface area contributed by atoms with E-state index in [0.717, 1.165) is 11.8 Å². The molecule has 1 fully saturated rings. The van der Waals surface area contributed by atoms with Crippen molar-refractivity contribution in [3.05, 3.63) is 109 Å². The minimum atomic E-state index is 0.779. The van der Waals surface area contributed by atoms with E-state index in [1.807, 2.05) is 0 Å². The van der Waals surface area contributed by atoms with E-state index in [1.54, 1.807) is 11.1 Å². The zero-order valence-corrected chi connectivity index (χ0v) is 25.4. The van der Waals surface area contributed by atoms with Crippen molar-refractivity contribution in [2.45, 2.75) is 65.7 Å². The molecule has 4 aromatic rings. The van der Waals surface area contributed by atoms with Crippen molar-refractivity contribution in [1.82, 2.24) is 0 Å². The van der Waals surface area contributed by atoms with Crippen LogP contribution in [0.15, 0.2) is 69.6 Å². The highest BCUT2D eigenvalue weighted by atomic mass is 79.9. The fourth-order valence-corrected chi connectivity index (χ4v) is 7.23. The van der Waals surface area contributed by atoms with Crippen LogP contribution in [0.5, 0.6) is 0 Å². The summed E-state index contributed by atoms with van der Waals surface area (Å²) in [5, 5.41) is 0. The molecular formula is C34H33Br2N. The first kappa shape index (κ1) is 24.9. The molecule has 2 unspecified atom stereocenters. The van der Waals surface area contributed by atoms with Gasteiger partial charge < -0.3 is 4.90 Å². The van der Waals surface area contributed by atoms with E-state index in [9.17, 15) is 0 Å². The topological polar surface area (TPSA) is 3.24 Å². The highest BCUT2D eigenvalue weighted by Crippen LogP contribution is 2.55. The van der Waals surface area contributed by atoms with Crippen molar-refractivity contribution < 1.29 is 0 Å².